The highest BCUT2D eigenvalue weighted by molar-refractivity contribution is 7.99. The van der Waals surface area contributed by atoms with Crippen LogP contribution in [-0.4, -0.2) is 35.8 Å². The molecule has 1 amide bonds. The zero-order valence-corrected chi connectivity index (χ0v) is 21.7. The molecule has 0 aliphatic heterocycles. The number of benzene rings is 2. The molecule has 4 aromatic rings. The molecular formula is C26H30N6O2S. The summed E-state index contributed by atoms with van der Waals surface area (Å²) in [5, 5.41) is 12.0. The normalized spacial score (nSPS) is 11.6. The van der Waals surface area contributed by atoms with Gasteiger partial charge in [0, 0.05) is 19.7 Å². The minimum atomic E-state index is -0.278. The predicted molar refractivity (Wildman–Crippen MR) is 140 cm³/mol. The molecule has 0 bridgehead atoms. The zero-order valence-electron chi connectivity index (χ0n) is 20.9. The van der Waals surface area contributed by atoms with Crippen LogP contribution in [0, 0.1) is 6.92 Å². The van der Waals surface area contributed by atoms with Gasteiger partial charge < -0.3 is 9.88 Å². The maximum atomic E-state index is 13.0. The molecule has 2 heterocycles. The van der Waals surface area contributed by atoms with Crippen molar-refractivity contribution in [2.45, 2.75) is 38.3 Å². The molecule has 35 heavy (non-hydrogen) atoms. The van der Waals surface area contributed by atoms with Crippen molar-refractivity contribution in [3.63, 3.8) is 0 Å². The number of anilines is 1. The third-order valence-corrected chi connectivity index (χ3v) is 7.02. The molecule has 0 saturated carbocycles. The first-order valence-electron chi connectivity index (χ1n) is 11.3. The smallest absolute Gasteiger partial charge is 0.295 e. The van der Waals surface area contributed by atoms with Gasteiger partial charge >= 0.3 is 0 Å². The van der Waals surface area contributed by atoms with Crippen LogP contribution in [-0.2, 0) is 24.3 Å². The summed E-state index contributed by atoms with van der Waals surface area (Å²) in [7, 11) is 3.68. The number of hydrogen-bond acceptors (Lipinski definition) is 5. The average Bonchev–Trinajstić information content (AvgIpc) is 3.30. The Bertz CT molecular complexity index is 1410. The molecule has 0 fully saturated rings. The van der Waals surface area contributed by atoms with Crippen molar-refractivity contribution >= 4 is 23.4 Å². The lowest BCUT2D eigenvalue weighted by atomic mass is 9.87. The molecule has 0 spiro atoms. The second-order valence-electron chi connectivity index (χ2n) is 9.47. The van der Waals surface area contributed by atoms with Crippen molar-refractivity contribution in [1.29, 1.82) is 0 Å². The van der Waals surface area contributed by atoms with Crippen molar-refractivity contribution in [3.05, 3.63) is 76.2 Å². The van der Waals surface area contributed by atoms with Gasteiger partial charge in [-0.25, -0.2) is 4.68 Å². The molecule has 4 rings (SSSR count). The molecule has 182 valence electrons. The molecule has 0 aliphatic rings. The monoisotopic (exact) mass is 490 g/mol. The largest absolute Gasteiger partial charge is 0.319 e. The number of nitrogens with one attached hydrogen (secondary N) is 1. The molecule has 0 atom stereocenters. The first-order chi connectivity index (χ1) is 16.6. The Balaban J connectivity index is 1.46. The first-order valence-corrected chi connectivity index (χ1v) is 12.3. The number of thioether (sulfide) groups is 1. The van der Waals surface area contributed by atoms with Gasteiger partial charge in [0.2, 0.25) is 5.91 Å². The number of carbonyl (C=O) groups excluding carboxylic acids is 1. The zero-order chi connectivity index (χ0) is 25.3. The summed E-state index contributed by atoms with van der Waals surface area (Å²) in [6.45, 7) is 8.34. The molecular weight excluding hydrogens is 460 g/mol. The van der Waals surface area contributed by atoms with Gasteiger partial charge in [0.05, 0.1) is 17.1 Å². The second-order valence-corrected chi connectivity index (χ2v) is 10.4. The quantitative estimate of drug-likeness (QED) is 0.407. The van der Waals surface area contributed by atoms with E-state index in [-0.39, 0.29) is 28.3 Å². The molecule has 0 saturated heterocycles. The fourth-order valence-electron chi connectivity index (χ4n) is 3.83. The Morgan fingerprint density at radius 2 is 1.66 bits per heavy atom. The predicted octanol–water partition coefficient (Wildman–Crippen LogP) is 4.31. The second kappa shape index (κ2) is 9.58. The Kier molecular flexibility index (Phi) is 6.71. The van der Waals surface area contributed by atoms with Crippen molar-refractivity contribution in [2.24, 2.45) is 14.1 Å². The van der Waals surface area contributed by atoms with E-state index in [0.717, 1.165) is 17.1 Å². The lowest BCUT2D eigenvalue weighted by molar-refractivity contribution is -0.113. The van der Waals surface area contributed by atoms with Crippen LogP contribution in [0.1, 0.15) is 32.0 Å². The molecule has 0 aliphatic carbocycles. The van der Waals surface area contributed by atoms with Crippen LogP contribution in [0.25, 0.3) is 17.1 Å². The van der Waals surface area contributed by atoms with Gasteiger partial charge in [-0.15, -0.1) is 10.2 Å². The lowest BCUT2D eigenvalue weighted by Gasteiger charge is -2.19. The molecule has 1 N–H and O–H groups in total. The SMILES string of the molecule is Cc1c(NC(=O)CSc2nnc(-c3ccc(C(C)(C)C)cc3)n2C)c(=O)n(-c2ccccc2)n1C. The minimum absolute atomic E-state index is 0.0776. The molecule has 8 nitrogen and oxygen atoms in total. The standard InChI is InChI=1S/C26H30N6O2S/c1-17-22(24(34)32(31(17)6)20-10-8-7-9-11-20)27-21(33)16-35-25-29-28-23(30(25)5)18-12-14-19(15-13-18)26(2,3)4/h7-15H,16H2,1-6H3,(H,27,33). The molecule has 9 heteroatoms. The van der Waals surface area contributed by atoms with Crippen LogP contribution in [0.4, 0.5) is 5.69 Å². The minimum Gasteiger partial charge on any atom is -0.319 e. The van der Waals surface area contributed by atoms with Crippen LogP contribution >= 0.6 is 11.8 Å². The topological polar surface area (TPSA) is 86.7 Å². The van der Waals surface area contributed by atoms with Crippen molar-refractivity contribution in [1.82, 2.24) is 24.1 Å². The van der Waals surface area contributed by atoms with E-state index in [1.807, 2.05) is 61.0 Å². The number of amides is 1. The van der Waals surface area contributed by atoms with Crippen LogP contribution < -0.4 is 10.9 Å². The van der Waals surface area contributed by atoms with E-state index >= 15 is 0 Å². The first kappa shape index (κ1) is 24.5. The summed E-state index contributed by atoms with van der Waals surface area (Å²) in [5.74, 6) is 0.562. The maximum absolute atomic E-state index is 13.0. The highest BCUT2D eigenvalue weighted by Gasteiger charge is 2.20. The summed E-state index contributed by atoms with van der Waals surface area (Å²) < 4.78 is 5.15. The average molecular weight is 491 g/mol. The van der Waals surface area contributed by atoms with Crippen LogP contribution in [0.2, 0.25) is 0 Å². The number of aromatic nitrogens is 5. The van der Waals surface area contributed by atoms with Gasteiger partial charge in [-0.2, -0.15) is 0 Å². The van der Waals surface area contributed by atoms with Gasteiger partial charge in [0.25, 0.3) is 5.56 Å². The fourth-order valence-corrected chi connectivity index (χ4v) is 4.54. The van der Waals surface area contributed by atoms with Gasteiger partial charge in [-0.3, -0.25) is 14.3 Å². The van der Waals surface area contributed by atoms with E-state index in [0.29, 0.717) is 10.9 Å². The summed E-state index contributed by atoms with van der Waals surface area (Å²) in [6, 6.07) is 17.6. The van der Waals surface area contributed by atoms with Crippen molar-refractivity contribution in [3.8, 4) is 17.1 Å². The number of carbonyl (C=O) groups is 1. The third kappa shape index (κ3) is 4.95. The van der Waals surface area contributed by atoms with Crippen molar-refractivity contribution in [2.75, 3.05) is 11.1 Å². The number of para-hydroxylation sites is 1. The van der Waals surface area contributed by atoms with Gasteiger partial charge in [-0.1, -0.05) is 75.0 Å². The van der Waals surface area contributed by atoms with E-state index < -0.39 is 0 Å². The third-order valence-electron chi connectivity index (χ3n) is 6.00. The van der Waals surface area contributed by atoms with E-state index in [9.17, 15) is 9.59 Å². The molecule has 2 aromatic carbocycles. The number of rotatable bonds is 6. The molecule has 0 unspecified atom stereocenters. The highest BCUT2D eigenvalue weighted by Crippen LogP contribution is 2.27. The van der Waals surface area contributed by atoms with Crippen LogP contribution in [0.3, 0.4) is 0 Å². The summed E-state index contributed by atoms with van der Waals surface area (Å²) in [4.78, 5) is 25.7. The van der Waals surface area contributed by atoms with E-state index in [1.54, 1.807) is 11.7 Å². The highest BCUT2D eigenvalue weighted by atomic mass is 32.2. The van der Waals surface area contributed by atoms with E-state index in [1.165, 1.54) is 22.0 Å². The number of nitrogens with zero attached hydrogens (tertiary/aromatic N) is 5. The van der Waals surface area contributed by atoms with Gasteiger partial charge in [0.15, 0.2) is 11.0 Å². The summed E-state index contributed by atoms with van der Waals surface area (Å²) in [6.07, 6.45) is 0. The molecule has 2 aromatic heterocycles. The van der Waals surface area contributed by atoms with Crippen molar-refractivity contribution < 1.29 is 4.79 Å². The Morgan fingerprint density at radius 1 is 1.00 bits per heavy atom. The maximum Gasteiger partial charge on any atom is 0.295 e. The fraction of sp³-hybridized carbons (Fsp3) is 0.308. The summed E-state index contributed by atoms with van der Waals surface area (Å²) >= 11 is 1.28. The Hall–Kier alpha value is -3.59. The van der Waals surface area contributed by atoms with Gasteiger partial charge in [0.1, 0.15) is 5.69 Å². The summed E-state index contributed by atoms with van der Waals surface area (Å²) in [5.41, 5.74) is 3.71. The van der Waals surface area contributed by atoms with E-state index in [4.69, 9.17) is 0 Å². The van der Waals surface area contributed by atoms with Crippen LogP contribution in [0.5, 0.6) is 0 Å². The van der Waals surface area contributed by atoms with Crippen LogP contribution in [0.15, 0.2) is 64.5 Å². The number of hydrogen-bond donors (Lipinski definition) is 1. The lowest BCUT2D eigenvalue weighted by Crippen LogP contribution is -2.23. The van der Waals surface area contributed by atoms with E-state index in [2.05, 4.69) is 48.4 Å². The van der Waals surface area contributed by atoms with Gasteiger partial charge in [-0.05, 0) is 30.0 Å². The molecule has 0 radical (unpaired) electrons. The Labute approximate surface area is 209 Å². The Morgan fingerprint density at radius 3 is 2.29 bits per heavy atom.